The van der Waals surface area contributed by atoms with Crippen LogP contribution in [0.15, 0.2) is 29.1 Å². The van der Waals surface area contributed by atoms with E-state index in [0.717, 1.165) is 18.4 Å². The van der Waals surface area contributed by atoms with E-state index >= 15 is 0 Å². The number of benzene rings is 1. The van der Waals surface area contributed by atoms with Gasteiger partial charge in [0.05, 0.1) is 5.56 Å². The molecule has 0 saturated carbocycles. The molecule has 0 spiro atoms. The lowest BCUT2D eigenvalue weighted by molar-refractivity contribution is -0.140. The van der Waals surface area contributed by atoms with Gasteiger partial charge in [0, 0.05) is 18.0 Å². The van der Waals surface area contributed by atoms with Gasteiger partial charge in [0.1, 0.15) is 11.9 Å². The fourth-order valence-electron chi connectivity index (χ4n) is 3.89. The predicted octanol–water partition coefficient (Wildman–Crippen LogP) is 1.01. The van der Waals surface area contributed by atoms with Gasteiger partial charge in [0.15, 0.2) is 0 Å². The number of carbonyl (C=O) groups is 3. The Balaban J connectivity index is 1.58. The lowest BCUT2D eigenvalue weighted by atomic mass is 9.85. The molecular weight excluding hydrogens is 430 g/mol. The predicted molar refractivity (Wildman–Crippen MR) is 120 cm³/mol. The number of carbonyl (C=O) groups excluding carboxylic acids is 1. The van der Waals surface area contributed by atoms with Gasteiger partial charge in [-0.1, -0.05) is 12.1 Å². The average Bonchev–Trinajstić information content (AvgIpc) is 2.75. The minimum absolute atomic E-state index is 0.0811. The van der Waals surface area contributed by atoms with Crippen LogP contribution in [0.5, 0.6) is 0 Å². The van der Waals surface area contributed by atoms with Crippen molar-refractivity contribution in [3.63, 3.8) is 0 Å². The van der Waals surface area contributed by atoms with E-state index in [1.165, 1.54) is 0 Å². The number of carboxylic acid groups (broad SMARTS) is 2. The van der Waals surface area contributed by atoms with Gasteiger partial charge >= 0.3 is 11.9 Å². The largest absolute Gasteiger partial charge is 0.481 e. The number of aryl methyl sites for hydroxylation is 1. The van der Waals surface area contributed by atoms with Gasteiger partial charge in [-0.3, -0.25) is 19.4 Å². The van der Waals surface area contributed by atoms with E-state index in [-0.39, 0.29) is 41.9 Å². The maximum absolute atomic E-state index is 12.4. The molecule has 1 aliphatic rings. The Morgan fingerprint density at radius 2 is 1.94 bits per heavy atom. The molecular formula is C22H27N5O6. The number of nitrogen functional groups attached to an aromatic ring is 1. The second-order valence-corrected chi connectivity index (χ2v) is 8.21. The maximum Gasteiger partial charge on any atom is 0.326 e. The highest BCUT2D eigenvalue weighted by Gasteiger charge is 2.28. The minimum atomic E-state index is -1.28. The monoisotopic (exact) mass is 457 g/mol. The first-order chi connectivity index (χ1) is 15.6. The van der Waals surface area contributed by atoms with Crippen molar-refractivity contribution in [3.05, 3.63) is 51.3 Å². The van der Waals surface area contributed by atoms with Gasteiger partial charge < -0.3 is 26.6 Å². The smallest absolute Gasteiger partial charge is 0.326 e. The third-order valence-corrected chi connectivity index (χ3v) is 5.84. The molecule has 3 atom stereocenters. The number of nitrogens with two attached hydrogens (primary N) is 1. The van der Waals surface area contributed by atoms with E-state index in [1.807, 2.05) is 6.92 Å². The lowest BCUT2D eigenvalue weighted by Crippen LogP contribution is -2.41. The van der Waals surface area contributed by atoms with Crippen LogP contribution in [0.1, 0.15) is 47.7 Å². The Morgan fingerprint density at radius 1 is 1.24 bits per heavy atom. The molecule has 0 aliphatic carbocycles. The topological polar surface area (TPSA) is 187 Å². The van der Waals surface area contributed by atoms with Crippen molar-refractivity contribution in [1.29, 1.82) is 0 Å². The van der Waals surface area contributed by atoms with Gasteiger partial charge in [-0.15, -0.1) is 0 Å². The minimum Gasteiger partial charge on any atom is -0.481 e. The van der Waals surface area contributed by atoms with Crippen LogP contribution in [-0.2, 0) is 22.4 Å². The Kier molecular flexibility index (Phi) is 7.31. The van der Waals surface area contributed by atoms with Crippen molar-refractivity contribution in [2.75, 3.05) is 11.1 Å². The highest BCUT2D eigenvalue weighted by molar-refractivity contribution is 5.96. The molecule has 33 heavy (non-hydrogen) atoms. The van der Waals surface area contributed by atoms with Gasteiger partial charge in [-0.2, -0.15) is 4.98 Å². The lowest BCUT2D eigenvalue weighted by Gasteiger charge is -2.31. The van der Waals surface area contributed by atoms with Crippen LogP contribution in [0.3, 0.4) is 0 Å². The summed E-state index contributed by atoms with van der Waals surface area (Å²) in [5, 5.41) is 23.5. The molecule has 3 rings (SSSR count). The zero-order valence-corrected chi connectivity index (χ0v) is 18.1. The van der Waals surface area contributed by atoms with Gasteiger partial charge in [0.25, 0.3) is 11.5 Å². The number of aliphatic carboxylic acids is 2. The van der Waals surface area contributed by atoms with E-state index in [1.54, 1.807) is 24.3 Å². The standard InChI is InChI=1S/C22H27N5O6/c1-11-14(10-15-18(24-11)26-22(23)27-20(15)31)7-4-12-2-5-13(6-3-12)19(30)25-16(21(32)33)8-9-17(28)29/h2-3,5-6,11,14,16H,4,7-10H2,1H3,(H,25,30)(H,28,29)(H,32,33)(H4,23,24,26,27,31)/t11?,14?,16-/m0/s1. The Bertz CT molecular complexity index is 1100. The molecule has 0 radical (unpaired) electrons. The van der Waals surface area contributed by atoms with Crippen LogP contribution in [-0.4, -0.2) is 50.1 Å². The Labute approximate surface area is 189 Å². The van der Waals surface area contributed by atoms with E-state index in [0.29, 0.717) is 17.8 Å². The van der Waals surface area contributed by atoms with Crippen molar-refractivity contribution >= 4 is 29.6 Å². The molecule has 0 bridgehead atoms. The first kappa shape index (κ1) is 23.8. The molecule has 1 amide bonds. The number of aromatic nitrogens is 2. The molecule has 1 aromatic heterocycles. The number of fused-ring (bicyclic) bond motifs is 1. The number of anilines is 2. The van der Waals surface area contributed by atoms with Crippen LogP contribution < -0.4 is 21.9 Å². The van der Waals surface area contributed by atoms with Gasteiger partial charge in [-0.25, -0.2) is 4.79 Å². The maximum atomic E-state index is 12.4. The fraction of sp³-hybridized carbons (Fsp3) is 0.409. The average molecular weight is 457 g/mol. The number of rotatable bonds is 9. The Hall–Kier alpha value is -3.89. The molecule has 2 heterocycles. The van der Waals surface area contributed by atoms with Crippen molar-refractivity contribution in [2.24, 2.45) is 5.92 Å². The van der Waals surface area contributed by atoms with E-state index in [4.69, 9.17) is 10.8 Å². The van der Waals surface area contributed by atoms with E-state index in [9.17, 15) is 24.3 Å². The number of nitrogens with one attached hydrogen (secondary N) is 3. The molecule has 7 N–H and O–H groups in total. The normalized spacial score (nSPS) is 18.0. The van der Waals surface area contributed by atoms with Gasteiger partial charge in [0.2, 0.25) is 5.95 Å². The molecule has 176 valence electrons. The number of hydrogen-bond donors (Lipinski definition) is 6. The summed E-state index contributed by atoms with van der Waals surface area (Å²) in [5.41, 5.74) is 7.25. The second-order valence-electron chi connectivity index (χ2n) is 8.21. The van der Waals surface area contributed by atoms with Crippen molar-refractivity contribution in [2.45, 2.75) is 51.1 Å². The summed E-state index contributed by atoms with van der Waals surface area (Å²) in [5.74, 6) is -2.17. The van der Waals surface area contributed by atoms with Crippen LogP contribution in [0.2, 0.25) is 0 Å². The van der Waals surface area contributed by atoms with Crippen LogP contribution in [0, 0.1) is 5.92 Å². The van der Waals surface area contributed by atoms with Crippen LogP contribution in [0.4, 0.5) is 11.8 Å². The third-order valence-electron chi connectivity index (χ3n) is 5.84. The molecule has 11 nitrogen and oxygen atoms in total. The first-order valence-electron chi connectivity index (χ1n) is 10.6. The zero-order chi connectivity index (χ0) is 24.1. The molecule has 11 heteroatoms. The van der Waals surface area contributed by atoms with Crippen molar-refractivity contribution in [1.82, 2.24) is 15.3 Å². The van der Waals surface area contributed by atoms with Gasteiger partial charge in [-0.05, 0) is 56.2 Å². The number of aromatic amines is 1. The highest BCUT2D eigenvalue weighted by Crippen LogP contribution is 2.28. The summed E-state index contributed by atoms with van der Waals surface area (Å²) in [6.45, 7) is 2.03. The first-order valence-corrected chi connectivity index (χ1v) is 10.6. The number of carboxylic acids is 2. The summed E-state index contributed by atoms with van der Waals surface area (Å²) in [6, 6.07) is 5.64. The molecule has 2 unspecified atom stereocenters. The summed E-state index contributed by atoms with van der Waals surface area (Å²) in [6.07, 6.45) is 1.56. The molecule has 0 fully saturated rings. The SMILES string of the molecule is CC1Nc2nc(N)[nH]c(=O)c2CC1CCc1ccc(C(=O)N[C@@H](CCC(=O)O)C(=O)O)cc1. The van der Waals surface area contributed by atoms with E-state index < -0.39 is 23.9 Å². The zero-order valence-electron chi connectivity index (χ0n) is 18.1. The summed E-state index contributed by atoms with van der Waals surface area (Å²) >= 11 is 0. The van der Waals surface area contributed by atoms with Crippen molar-refractivity contribution in [3.8, 4) is 0 Å². The summed E-state index contributed by atoms with van der Waals surface area (Å²) in [7, 11) is 0. The quantitative estimate of drug-likeness (QED) is 0.319. The Morgan fingerprint density at radius 3 is 2.58 bits per heavy atom. The highest BCUT2D eigenvalue weighted by atomic mass is 16.4. The summed E-state index contributed by atoms with van der Waals surface area (Å²) < 4.78 is 0. The number of H-pyrrole nitrogens is 1. The summed E-state index contributed by atoms with van der Waals surface area (Å²) in [4.78, 5) is 53.2. The molecule has 2 aromatic rings. The molecule has 1 aliphatic heterocycles. The third kappa shape index (κ3) is 6.09. The van der Waals surface area contributed by atoms with Crippen LogP contribution in [0.25, 0.3) is 0 Å². The molecule has 0 saturated heterocycles. The molecule has 1 aromatic carbocycles. The fourth-order valence-corrected chi connectivity index (χ4v) is 3.89. The van der Waals surface area contributed by atoms with E-state index in [2.05, 4.69) is 20.6 Å². The van der Waals surface area contributed by atoms with Crippen molar-refractivity contribution < 1.29 is 24.6 Å². The number of amides is 1. The number of hydrogen-bond acceptors (Lipinski definition) is 7. The number of nitrogens with zero attached hydrogens (tertiary/aromatic N) is 1. The van der Waals surface area contributed by atoms with Crippen LogP contribution >= 0.6 is 0 Å². The second kappa shape index (κ2) is 10.2.